The van der Waals surface area contributed by atoms with E-state index < -0.39 is 0 Å². The predicted octanol–water partition coefficient (Wildman–Crippen LogP) is 4.85. The van der Waals surface area contributed by atoms with Crippen LogP contribution in [0.5, 0.6) is 11.5 Å². The molecule has 1 aromatic carbocycles. The summed E-state index contributed by atoms with van der Waals surface area (Å²) in [5.74, 6) is 1.71. The third-order valence-electron chi connectivity index (χ3n) is 3.11. The summed E-state index contributed by atoms with van der Waals surface area (Å²) in [6, 6.07) is 3.92. The highest BCUT2D eigenvalue weighted by Gasteiger charge is 2.22. The number of hydrogen-bond acceptors (Lipinski definition) is 6. The lowest BCUT2D eigenvalue weighted by molar-refractivity contribution is 0.244. The van der Waals surface area contributed by atoms with Crippen molar-refractivity contribution in [1.82, 2.24) is 0 Å². The molecule has 0 aliphatic heterocycles. The molecule has 4 nitrogen and oxygen atoms in total. The van der Waals surface area contributed by atoms with Crippen molar-refractivity contribution in [3.05, 3.63) is 12.1 Å². The first-order valence-corrected chi connectivity index (χ1v) is 8.87. The highest BCUT2D eigenvalue weighted by molar-refractivity contribution is 7.25. The van der Waals surface area contributed by atoms with Gasteiger partial charge in [0.15, 0.2) is 0 Å². The van der Waals surface area contributed by atoms with Crippen molar-refractivity contribution in [2.45, 2.75) is 39.9 Å². The van der Waals surface area contributed by atoms with Crippen LogP contribution in [0.25, 0.3) is 20.2 Å². The minimum Gasteiger partial charge on any atom is -0.489 e. The van der Waals surface area contributed by atoms with Crippen LogP contribution in [0.4, 0.5) is 10.0 Å². The molecule has 0 aliphatic rings. The van der Waals surface area contributed by atoms with Crippen molar-refractivity contribution in [2.24, 2.45) is 0 Å². The van der Waals surface area contributed by atoms with Crippen LogP contribution >= 0.6 is 22.7 Å². The fraction of sp³-hybridized carbons (Fsp3) is 0.375. The van der Waals surface area contributed by atoms with Crippen molar-refractivity contribution in [3.63, 3.8) is 0 Å². The Kier molecular flexibility index (Phi) is 3.82. The molecule has 2 heterocycles. The van der Waals surface area contributed by atoms with Crippen molar-refractivity contribution < 1.29 is 9.47 Å². The van der Waals surface area contributed by atoms with E-state index in [-0.39, 0.29) is 12.2 Å². The summed E-state index contributed by atoms with van der Waals surface area (Å²) >= 11 is 3.05. The van der Waals surface area contributed by atoms with Gasteiger partial charge in [-0.3, -0.25) is 0 Å². The molecule has 0 fully saturated rings. The number of fused-ring (bicyclic) bond motifs is 2. The molecule has 0 atom stereocenters. The second kappa shape index (κ2) is 5.52. The van der Waals surface area contributed by atoms with E-state index in [1.165, 1.54) is 22.7 Å². The summed E-state index contributed by atoms with van der Waals surface area (Å²) in [5, 5.41) is 3.51. The number of thiophene rings is 2. The fourth-order valence-electron chi connectivity index (χ4n) is 2.44. The third-order valence-corrected chi connectivity index (χ3v) is 5.04. The average Bonchev–Trinajstić information content (AvgIpc) is 2.95. The van der Waals surface area contributed by atoms with Crippen LogP contribution in [0.2, 0.25) is 0 Å². The fourth-order valence-corrected chi connectivity index (χ4v) is 4.29. The Hall–Kier alpha value is -1.66. The topological polar surface area (TPSA) is 70.5 Å². The molecule has 0 saturated carbocycles. The van der Waals surface area contributed by atoms with Gasteiger partial charge in [-0.05, 0) is 39.8 Å². The maximum absolute atomic E-state index is 6.08. The Morgan fingerprint density at radius 2 is 1.14 bits per heavy atom. The second-order valence-corrected chi connectivity index (χ2v) is 7.94. The zero-order valence-electron chi connectivity index (χ0n) is 13.1. The number of nitrogens with two attached hydrogens (primary N) is 2. The van der Waals surface area contributed by atoms with Crippen LogP contribution in [0.3, 0.4) is 0 Å². The van der Waals surface area contributed by atoms with Gasteiger partial charge in [-0.1, -0.05) is 0 Å². The van der Waals surface area contributed by atoms with Gasteiger partial charge < -0.3 is 20.9 Å². The summed E-state index contributed by atoms with van der Waals surface area (Å²) in [5.41, 5.74) is 12.1. The van der Waals surface area contributed by atoms with Crippen molar-refractivity contribution >= 4 is 52.8 Å². The van der Waals surface area contributed by atoms with Gasteiger partial charge in [-0.25, -0.2) is 0 Å². The minimum absolute atomic E-state index is 0.0766. The minimum atomic E-state index is 0.0766. The van der Waals surface area contributed by atoms with E-state index in [0.29, 0.717) is 0 Å². The first-order valence-electron chi connectivity index (χ1n) is 7.24. The third kappa shape index (κ3) is 2.57. The molecule has 2 aromatic heterocycles. The first kappa shape index (κ1) is 15.2. The molecule has 4 N–H and O–H groups in total. The first-order chi connectivity index (χ1) is 10.4. The molecule has 0 bridgehead atoms. The van der Waals surface area contributed by atoms with Crippen LogP contribution in [0, 0.1) is 0 Å². The number of ether oxygens (including phenoxy) is 2. The number of nitrogen functional groups attached to an aromatic ring is 2. The van der Waals surface area contributed by atoms with Crippen LogP contribution in [0.15, 0.2) is 12.1 Å². The number of rotatable bonds is 4. The Morgan fingerprint density at radius 3 is 1.45 bits per heavy atom. The molecule has 0 aliphatic carbocycles. The van der Waals surface area contributed by atoms with Gasteiger partial charge in [-0.15, -0.1) is 22.7 Å². The molecule has 118 valence electrons. The summed E-state index contributed by atoms with van der Waals surface area (Å²) in [6.07, 6.45) is 0.153. The van der Waals surface area contributed by atoms with Gasteiger partial charge >= 0.3 is 0 Å². The molecule has 0 spiro atoms. The lowest BCUT2D eigenvalue weighted by Gasteiger charge is -2.16. The van der Waals surface area contributed by atoms with Crippen LogP contribution in [-0.4, -0.2) is 12.2 Å². The molecule has 22 heavy (non-hydrogen) atoms. The van der Waals surface area contributed by atoms with Gasteiger partial charge in [0, 0.05) is 10.8 Å². The Bertz CT molecular complexity index is 711. The van der Waals surface area contributed by atoms with E-state index in [1.54, 1.807) is 0 Å². The van der Waals surface area contributed by atoms with Gasteiger partial charge in [0.25, 0.3) is 0 Å². The Morgan fingerprint density at radius 1 is 0.773 bits per heavy atom. The van der Waals surface area contributed by atoms with E-state index in [4.69, 9.17) is 20.9 Å². The monoisotopic (exact) mass is 336 g/mol. The van der Waals surface area contributed by atoms with Gasteiger partial charge in [-0.2, -0.15) is 0 Å². The van der Waals surface area contributed by atoms with Gasteiger partial charge in [0.1, 0.15) is 11.5 Å². The summed E-state index contributed by atoms with van der Waals surface area (Å²) in [6.45, 7) is 8.07. The van der Waals surface area contributed by atoms with Gasteiger partial charge in [0.2, 0.25) is 0 Å². The summed E-state index contributed by atoms with van der Waals surface area (Å²) in [4.78, 5) is 0. The summed E-state index contributed by atoms with van der Waals surface area (Å²) < 4.78 is 14.2. The zero-order chi connectivity index (χ0) is 16.0. The summed E-state index contributed by atoms with van der Waals surface area (Å²) in [7, 11) is 0. The molecule has 0 radical (unpaired) electrons. The van der Waals surface area contributed by atoms with Crippen LogP contribution in [0.1, 0.15) is 27.7 Å². The van der Waals surface area contributed by atoms with E-state index in [0.717, 1.165) is 41.7 Å². The molecule has 6 heteroatoms. The average molecular weight is 336 g/mol. The highest BCUT2D eigenvalue weighted by atomic mass is 32.1. The van der Waals surface area contributed by atoms with E-state index >= 15 is 0 Å². The molecule has 3 aromatic rings. The van der Waals surface area contributed by atoms with E-state index in [1.807, 2.05) is 39.8 Å². The van der Waals surface area contributed by atoms with Crippen LogP contribution in [-0.2, 0) is 0 Å². The lowest BCUT2D eigenvalue weighted by atomic mass is 10.1. The van der Waals surface area contributed by atoms with E-state index in [2.05, 4.69) is 0 Å². The second-order valence-electron chi connectivity index (χ2n) is 5.77. The molecular weight excluding hydrogens is 316 g/mol. The predicted molar refractivity (Wildman–Crippen MR) is 97.6 cm³/mol. The smallest absolute Gasteiger partial charge is 0.146 e. The SMILES string of the molecule is CC(C)Oc1c2cc(N)sc2c(OC(C)C)c2cc(N)sc12. The number of hydrogen-bond donors (Lipinski definition) is 2. The Labute approximate surface area is 137 Å². The van der Waals surface area contributed by atoms with Crippen molar-refractivity contribution in [2.75, 3.05) is 11.5 Å². The largest absolute Gasteiger partial charge is 0.489 e. The molecule has 0 amide bonds. The molecule has 0 unspecified atom stereocenters. The lowest BCUT2D eigenvalue weighted by Crippen LogP contribution is -2.08. The van der Waals surface area contributed by atoms with E-state index in [9.17, 15) is 0 Å². The van der Waals surface area contributed by atoms with Crippen molar-refractivity contribution in [3.8, 4) is 11.5 Å². The highest BCUT2D eigenvalue weighted by Crippen LogP contribution is 2.51. The maximum Gasteiger partial charge on any atom is 0.146 e. The molecule has 3 rings (SSSR count). The van der Waals surface area contributed by atoms with Gasteiger partial charge in [0.05, 0.1) is 31.6 Å². The normalized spacial score (nSPS) is 11.9. The molecule has 0 saturated heterocycles. The molecular formula is C16H20N2O2S2. The van der Waals surface area contributed by atoms with Crippen molar-refractivity contribution in [1.29, 1.82) is 0 Å². The standard InChI is InChI=1S/C16H20N2O2S2/c1-7(2)19-13-9-5-11(17)22-16(9)14(20-8(3)4)10-6-12(18)21-15(10)13/h5-8H,17-18H2,1-4H3. The number of benzene rings is 1. The zero-order valence-corrected chi connectivity index (χ0v) is 14.7. The quantitative estimate of drug-likeness (QED) is 0.714. The Balaban J connectivity index is 2.40. The number of anilines is 2. The van der Waals surface area contributed by atoms with Crippen LogP contribution < -0.4 is 20.9 Å². The maximum atomic E-state index is 6.08.